The summed E-state index contributed by atoms with van der Waals surface area (Å²) in [4.78, 5) is 31.7. The number of rotatable bonds is 9. The van der Waals surface area contributed by atoms with Gasteiger partial charge in [-0.2, -0.15) is 5.10 Å². The number of aromatic nitrogens is 4. The standard InChI is InChI=1S/C21H27N5O4/c1-5-7-15-18-19(26(3)25-15)21(28)24-20(23-18)14-12-13(8-9-16(14)30-6-2)22-11-10-17(27)29-4/h8-9,12,22H,5-7,10-11H2,1-4H3,(H,23,24,28). The third-order valence-corrected chi connectivity index (χ3v) is 4.67. The molecule has 0 saturated heterocycles. The van der Waals surface area contributed by atoms with Gasteiger partial charge in [-0.3, -0.25) is 14.3 Å². The molecule has 2 N–H and O–H groups in total. The second kappa shape index (κ2) is 9.43. The van der Waals surface area contributed by atoms with Gasteiger partial charge < -0.3 is 19.8 Å². The maximum Gasteiger partial charge on any atom is 0.307 e. The van der Waals surface area contributed by atoms with Gasteiger partial charge in [0.1, 0.15) is 17.1 Å². The predicted octanol–water partition coefficient (Wildman–Crippen LogP) is 2.65. The molecule has 0 aliphatic heterocycles. The lowest BCUT2D eigenvalue weighted by molar-refractivity contribution is -0.140. The highest BCUT2D eigenvalue weighted by molar-refractivity contribution is 5.80. The Morgan fingerprint density at radius 2 is 2.10 bits per heavy atom. The van der Waals surface area contributed by atoms with Gasteiger partial charge in [0.05, 0.1) is 31.4 Å². The van der Waals surface area contributed by atoms with Crippen LogP contribution in [-0.4, -0.2) is 46.0 Å². The van der Waals surface area contributed by atoms with Crippen molar-refractivity contribution < 1.29 is 14.3 Å². The summed E-state index contributed by atoms with van der Waals surface area (Å²) >= 11 is 0. The topological polar surface area (TPSA) is 111 Å². The van der Waals surface area contributed by atoms with Gasteiger partial charge in [-0.1, -0.05) is 13.3 Å². The second-order valence-electron chi connectivity index (χ2n) is 6.83. The summed E-state index contributed by atoms with van der Waals surface area (Å²) in [5.41, 5.74) is 3.04. The molecule has 9 nitrogen and oxygen atoms in total. The van der Waals surface area contributed by atoms with Crippen LogP contribution in [-0.2, 0) is 23.0 Å². The first-order valence-electron chi connectivity index (χ1n) is 10.0. The van der Waals surface area contributed by atoms with Gasteiger partial charge in [-0.05, 0) is 31.5 Å². The summed E-state index contributed by atoms with van der Waals surface area (Å²) < 4.78 is 12.0. The molecule has 30 heavy (non-hydrogen) atoms. The Morgan fingerprint density at radius 1 is 1.30 bits per heavy atom. The monoisotopic (exact) mass is 413 g/mol. The number of hydrogen-bond donors (Lipinski definition) is 2. The van der Waals surface area contributed by atoms with Crippen LogP contribution in [0.3, 0.4) is 0 Å². The number of nitrogens with one attached hydrogen (secondary N) is 2. The van der Waals surface area contributed by atoms with Crippen molar-refractivity contribution in [3.05, 3.63) is 34.2 Å². The molecular weight excluding hydrogens is 386 g/mol. The largest absolute Gasteiger partial charge is 0.493 e. The normalized spacial score (nSPS) is 10.9. The molecule has 160 valence electrons. The molecule has 0 amide bonds. The highest BCUT2D eigenvalue weighted by atomic mass is 16.5. The average Bonchev–Trinajstić information content (AvgIpc) is 3.05. The van der Waals surface area contributed by atoms with Crippen LogP contribution in [0, 0.1) is 0 Å². The molecule has 2 aromatic heterocycles. The van der Waals surface area contributed by atoms with Crippen molar-refractivity contribution in [3.8, 4) is 17.1 Å². The third-order valence-electron chi connectivity index (χ3n) is 4.67. The maximum atomic E-state index is 12.8. The van der Waals surface area contributed by atoms with E-state index in [2.05, 4.69) is 27.1 Å². The van der Waals surface area contributed by atoms with Crippen LogP contribution in [0.5, 0.6) is 5.75 Å². The van der Waals surface area contributed by atoms with E-state index in [4.69, 9.17) is 9.72 Å². The summed E-state index contributed by atoms with van der Waals surface area (Å²) in [6, 6.07) is 5.52. The fourth-order valence-electron chi connectivity index (χ4n) is 3.30. The molecule has 0 saturated carbocycles. The van der Waals surface area contributed by atoms with Gasteiger partial charge in [-0.25, -0.2) is 4.98 Å². The quantitative estimate of drug-likeness (QED) is 0.519. The molecular formula is C21H27N5O4. The molecule has 2 heterocycles. The Hall–Kier alpha value is -3.36. The summed E-state index contributed by atoms with van der Waals surface area (Å²) in [7, 11) is 3.11. The Kier molecular flexibility index (Phi) is 6.71. The lowest BCUT2D eigenvalue weighted by Crippen LogP contribution is -2.13. The van der Waals surface area contributed by atoms with Gasteiger partial charge in [0.25, 0.3) is 5.56 Å². The number of esters is 1. The zero-order valence-corrected chi connectivity index (χ0v) is 17.7. The number of carbonyl (C=O) groups excluding carboxylic acids is 1. The zero-order chi connectivity index (χ0) is 21.7. The Morgan fingerprint density at radius 3 is 2.80 bits per heavy atom. The molecule has 0 spiro atoms. The summed E-state index contributed by atoms with van der Waals surface area (Å²) in [5, 5.41) is 7.65. The first-order valence-corrected chi connectivity index (χ1v) is 10.0. The maximum absolute atomic E-state index is 12.8. The molecule has 1 aromatic carbocycles. The molecule has 0 bridgehead atoms. The number of aryl methyl sites for hydroxylation is 2. The first-order chi connectivity index (χ1) is 14.5. The van der Waals surface area contributed by atoms with Crippen molar-refractivity contribution in [2.24, 2.45) is 7.05 Å². The van der Waals surface area contributed by atoms with E-state index in [1.165, 1.54) is 7.11 Å². The number of hydrogen-bond acceptors (Lipinski definition) is 7. The van der Waals surface area contributed by atoms with Gasteiger partial charge in [0, 0.05) is 19.3 Å². The van der Waals surface area contributed by atoms with E-state index in [1.807, 2.05) is 25.1 Å². The number of benzene rings is 1. The Balaban J connectivity index is 2.04. The fraction of sp³-hybridized carbons (Fsp3) is 0.429. The minimum atomic E-state index is -0.287. The summed E-state index contributed by atoms with van der Waals surface area (Å²) in [5.74, 6) is 0.738. The average molecular weight is 413 g/mol. The number of ether oxygens (including phenoxy) is 2. The highest BCUT2D eigenvalue weighted by Gasteiger charge is 2.17. The van der Waals surface area contributed by atoms with Crippen LogP contribution in [0.2, 0.25) is 0 Å². The van der Waals surface area contributed by atoms with E-state index < -0.39 is 0 Å². The molecule has 0 aliphatic carbocycles. The smallest absolute Gasteiger partial charge is 0.307 e. The van der Waals surface area contributed by atoms with E-state index >= 15 is 0 Å². The second-order valence-corrected chi connectivity index (χ2v) is 6.83. The fourth-order valence-corrected chi connectivity index (χ4v) is 3.30. The van der Waals surface area contributed by atoms with Gasteiger partial charge in [0.15, 0.2) is 5.52 Å². The van der Waals surface area contributed by atoms with Crippen molar-refractivity contribution in [2.75, 3.05) is 25.6 Å². The van der Waals surface area contributed by atoms with E-state index in [0.29, 0.717) is 41.3 Å². The van der Waals surface area contributed by atoms with Crippen molar-refractivity contribution in [1.29, 1.82) is 0 Å². The number of methoxy groups -OCH3 is 1. The van der Waals surface area contributed by atoms with Crippen molar-refractivity contribution in [2.45, 2.75) is 33.1 Å². The van der Waals surface area contributed by atoms with E-state index in [1.54, 1.807) is 11.7 Å². The van der Waals surface area contributed by atoms with Crippen molar-refractivity contribution in [1.82, 2.24) is 19.7 Å². The van der Waals surface area contributed by atoms with Crippen molar-refractivity contribution >= 4 is 22.7 Å². The molecule has 0 fully saturated rings. The highest BCUT2D eigenvalue weighted by Crippen LogP contribution is 2.31. The first kappa shape index (κ1) is 21.4. The van der Waals surface area contributed by atoms with Crippen LogP contribution < -0.4 is 15.6 Å². The molecule has 9 heteroatoms. The molecule has 0 atom stereocenters. The Bertz CT molecular complexity index is 1100. The molecule has 0 unspecified atom stereocenters. The number of fused-ring (bicyclic) bond motifs is 1. The van der Waals surface area contributed by atoms with Crippen molar-refractivity contribution in [3.63, 3.8) is 0 Å². The molecule has 3 aromatic rings. The summed E-state index contributed by atoms with van der Waals surface area (Å²) in [6.45, 7) is 4.85. The number of aromatic amines is 1. The minimum absolute atomic E-state index is 0.246. The van der Waals surface area contributed by atoms with Crippen LogP contribution in [0.1, 0.15) is 32.4 Å². The van der Waals surface area contributed by atoms with Crippen LogP contribution in [0.4, 0.5) is 5.69 Å². The van der Waals surface area contributed by atoms with Crippen LogP contribution >= 0.6 is 0 Å². The SMILES string of the molecule is CCCc1nn(C)c2c(=O)[nH]c(-c3cc(NCCC(=O)OC)ccc3OCC)nc12. The van der Waals surface area contributed by atoms with E-state index in [-0.39, 0.29) is 17.9 Å². The number of H-pyrrole nitrogens is 1. The van der Waals surface area contributed by atoms with Gasteiger partial charge in [0.2, 0.25) is 0 Å². The van der Waals surface area contributed by atoms with Crippen LogP contribution in [0.15, 0.2) is 23.0 Å². The van der Waals surface area contributed by atoms with Gasteiger partial charge >= 0.3 is 5.97 Å². The predicted molar refractivity (Wildman–Crippen MR) is 115 cm³/mol. The minimum Gasteiger partial charge on any atom is -0.493 e. The van der Waals surface area contributed by atoms with E-state index in [9.17, 15) is 9.59 Å². The number of nitrogens with zero attached hydrogens (tertiary/aromatic N) is 3. The molecule has 3 rings (SSSR count). The molecule has 0 aliphatic rings. The van der Waals surface area contributed by atoms with Gasteiger partial charge in [-0.15, -0.1) is 0 Å². The Labute approximate surface area is 174 Å². The lowest BCUT2D eigenvalue weighted by atomic mass is 10.1. The van der Waals surface area contributed by atoms with Crippen LogP contribution in [0.25, 0.3) is 22.4 Å². The number of carbonyl (C=O) groups is 1. The number of anilines is 1. The lowest BCUT2D eigenvalue weighted by Gasteiger charge is -2.13. The zero-order valence-electron chi connectivity index (χ0n) is 17.7. The van der Waals surface area contributed by atoms with E-state index in [0.717, 1.165) is 24.2 Å². The molecule has 0 radical (unpaired) electrons. The third kappa shape index (κ3) is 4.45. The summed E-state index contributed by atoms with van der Waals surface area (Å²) in [6.07, 6.45) is 1.89.